The van der Waals surface area contributed by atoms with Gasteiger partial charge in [0.25, 0.3) is 11.7 Å². The molecule has 190 valence electrons. The molecule has 1 atom stereocenters. The van der Waals surface area contributed by atoms with Crippen LogP contribution in [0, 0.1) is 0 Å². The third-order valence-electron chi connectivity index (χ3n) is 6.07. The summed E-state index contributed by atoms with van der Waals surface area (Å²) in [5, 5.41) is 11.5. The van der Waals surface area contributed by atoms with E-state index in [2.05, 4.69) is 0 Å². The van der Waals surface area contributed by atoms with Gasteiger partial charge in [0.05, 0.1) is 44.4 Å². The van der Waals surface area contributed by atoms with Crippen molar-refractivity contribution < 1.29 is 33.7 Å². The highest BCUT2D eigenvalue weighted by Gasteiger charge is 2.47. The van der Waals surface area contributed by atoms with E-state index in [-0.39, 0.29) is 22.6 Å². The van der Waals surface area contributed by atoms with Crippen molar-refractivity contribution in [2.24, 2.45) is 0 Å². The lowest BCUT2D eigenvalue weighted by atomic mass is 9.94. The number of esters is 1. The summed E-state index contributed by atoms with van der Waals surface area (Å²) < 4.78 is 15.3. The molecule has 37 heavy (non-hydrogen) atoms. The molecule has 4 rings (SSSR count). The molecule has 0 radical (unpaired) electrons. The quantitative estimate of drug-likeness (QED) is 0.208. The molecule has 0 bridgehead atoms. The summed E-state index contributed by atoms with van der Waals surface area (Å²) in [6.07, 6.45) is 0.0588. The maximum atomic E-state index is 13.4. The number of methoxy groups -OCH3 is 3. The molecule has 1 unspecified atom stereocenters. The predicted molar refractivity (Wildman–Crippen MR) is 138 cm³/mol. The second kappa shape index (κ2) is 10.8. The third kappa shape index (κ3) is 5.01. The minimum atomic E-state index is -0.983. The minimum absolute atomic E-state index is 0.0588. The molecular formula is C28H24ClNO7. The van der Waals surface area contributed by atoms with Crippen molar-refractivity contribution >= 4 is 40.7 Å². The molecule has 0 aromatic heterocycles. The average Bonchev–Trinajstić information content (AvgIpc) is 3.19. The number of nitrogens with zero attached hydrogens (tertiary/aromatic N) is 1. The number of Topliss-reactive ketones (excluding diaryl/α,β-unsaturated/α-hetero) is 1. The monoisotopic (exact) mass is 521 g/mol. The SMILES string of the molecule is COC(=O)Cc1ccc(N2C(=O)C(=O)/C(=C(/O)c3cc(OC)ccc3Cl)C2c2cccc(OC)c2)cc1. The number of amides is 1. The van der Waals surface area contributed by atoms with Crippen LogP contribution in [0.3, 0.4) is 0 Å². The van der Waals surface area contributed by atoms with E-state index in [1.165, 1.54) is 38.4 Å². The van der Waals surface area contributed by atoms with Crippen LogP contribution in [-0.2, 0) is 25.5 Å². The first-order valence-electron chi connectivity index (χ1n) is 11.2. The van der Waals surface area contributed by atoms with E-state index in [0.717, 1.165) is 0 Å². The van der Waals surface area contributed by atoms with E-state index in [1.807, 2.05) is 0 Å². The van der Waals surface area contributed by atoms with Crippen molar-refractivity contribution in [2.45, 2.75) is 12.5 Å². The third-order valence-corrected chi connectivity index (χ3v) is 6.40. The molecule has 9 heteroatoms. The van der Waals surface area contributed by atoms with Crippen LogP contribution >= 0.6 is 11.6 Å². The molecule has 0 aliphatic carbocycles. The fourth-order valence-corrected chi connectivity index (χ4v) is 4.40. The van der Waals surface area contributed by atoms with Crippen LogP contribution in [-0.4, -0.2) is 44.1 Å². The Balaban J connectivity index is 1.90. The van der Waals surface area contributed by atoms with E-state index in [9.17, 15) is 19.5 Å². The number of carbonyl (C=O) groups excluding carboxylic acids is 3. The zero-order valence-electron chi connectivity index (χ0n) is 20.4. The number of aliphatic hydroxyl groups is 1. The first kappa shape index (κ1) is 25.8. The molecule has 8 nitrogen and oxygen atoms in total. The zero-order chi connectivity index (χ0) is 26.7. The van der Waals surface area contributed by atoms with E-state index in [4.69, 9.17) is 25.8 Å². The van der Waals surface area contributed by atoms with Crippen molar-refractivity contribution in [2.75, 3.05) is 26.2 Å². The van der Waals surface area contributed by atoms with Gasteiger partial charge < -0.3 is 19.3 Å². The molecule has 1 aliphatic heterocycles. The number of benzene rings is 3. The van der Waals surface area contributed by atoms with Gasteiger partial charge in [-0.05, 0) is 53.6 Å². The van der Waals surface area contributed by atoms with Crippen LogP contribution in [0.1, 0.15) is 22.7 Å². The Morgan fingerprint density at radius 2 is 1.62 bits per heavy atom. The van der Waals surface area contributed by atoms with Crippen LogP contribution in [0.25, 0.3) is 5.76 Å². The zero-order valence-corrected chi connectivity index (χ0v) is 21.1. The second-order valence-electron chi connectivity index (χ2n) is 8.21. The smallest absolute Gasteiger partial charge is 0.309 e. The fraction of sp³-hybridized carbons (Fsp3) is 0.179. The van der Waals surface area contributed by atoms with Crippen LogP contribution < -0.4 is 14.4 Å². The standard InChI is InChI=1S/C28H24ClNO7/c1-35-19-6-4-5-17(14-19)25-24(26(32)21-15-20(36-2)11-12-22(21)29)27(33)28(34)30(25)18-9-7-16(8-10-18)13-23(31)37-3/h4-12,14-15,25,32H,13H2,1-3H3/b26-24+. The Hall–Kier alpha value is -4.30. The maximum Gasteiger partial charge on any atom is 0.309 e. The minimum Gasteiger partial charge on any atom is -0.507 e. The Morgan fingerprint density at radius 1 is 0.946 bits per heavy atom. The number of carbonyl (C=O) groups is 3. The lowest BCUT2D eigenvalue weighted by Gasteiger charge is -2.26. The number of rotatable bonds is 7. The van der Waals surface area contributed by atoms with E-state index < -0.39 is 29.5 Å². The summed E-state index contributed by atoms with van der Waals surface area (Å²) in [4.78, 5) is 39.7. The molecule has 1 N–H and O–H groups in total. The predicted octanol–water partition coefficient (Wildman–Crippen LogP) is 4.70. The number of ether oxygens (including phenoxy) is 3. The summed E-state index contributed by atoms with van der Waals surface area (Å²) in [5.41, 5.74) is 1.64. The van der Waals surface area contributed by atoms with Gasteiger partial charge in [0, 0.05) is 11.3 Å². The molecule has 1 amide bonds. The van der Waals surface area contributed by atoms with Crippen molar-refractivity contribution in [1.82, 2.24) is 0 Å². The van der Waals surface area contributed by atoms with Crippen molar-refractivity contribution in [1.29, 1.82) is 0 Å². The van der Waals surface area contributed by atoms with Gasteiger partial charge in [0.1, 0.15) is 17.3 Å². The number of hydrogen-bond donors (Lipinski definition) is 1. The van der Waals surface area contributed by atoms with Crippen molar-refractivity contribution in [3.05, 3.63) is 94.0 Å². The van der Waals surface area contributed by atoms with Gasteiger partial charge in [0.15, 0.2) is 0 Å². The Kier molecular flexibility index (Phi) is 7.50. The van der Waals surface area contributed by atoms with Gasteiger partial charge >= 0.3 is 5.97 Å². The summed E-state index contributed by atoms with van der Waals surface area (Å²) in [7, 11) is 4.27. The van der Waals surface area contributed by atoms with Crippen LogP contribution in [0.5, 0.6) is 11.5 Å². The van der Waals surface area contributed by atoms with E-state index >= 15 is 0 Å². The van der Waals surface area contributed by atoms with Gasteiger partial charge in [-0.25, -0.2) is 0 Å². The molecule has 1 heterocycles. The number of ketones is 1. The van der Waals surface area contributed by atoms with Gasteiger partial charge in [-0.3, -0.25) is 19.3 Å². The Labute approximate surface area is 218 Å². The topological polar surface area (TPSA) is 102 Å². The van der Waals surface area contributed by atoms with Crippen LogP contribution in [0.4, 0.5) is 5.69 Å². The molecule has 3 aromatic rings. The Bertz CT molecular complexity index is 1400. The normalized spacial score (nSPS) is 16.5. The summed E-state index contributed by atoms with van der Waals surface area (Å²) in [5.74, 6) is -1.60. The van der Waals surface area contributed by atoms with Crippen LogP contribution in [0.2, 0.25) is 5.02 Å². The van der Waals surface area contributed by atoms with Crippen molar-refractivity contribution in [3.8, 4) is 11.5 Å². The van der Waals surface area contributed by atoms with E-state index in [1.54, 1.807) is 54.6 Å². The molecule has 1 saturated heterocycles. The first-order chi connectivity index (χ1) is 17.8. The highest BCUT2D eigenvalue weighted by Crippen LogP contribution is 2.44. The molecule has 1 fully saturated rings. The maximum absolute atomic E-state index is 13.4. The molecular weight excluding hydrogens is 498 g/mol. The number of anilines is 1. The van der Waals surface area contributed by atoms with Crippen LogP contribution in [0.15, 0.2) is 72.3 Å². The highest BCUT2D eigenvalue weighted by atomic mass is 35.5. The lowest BCUT2D eigenvalue weighted by Crippen LogP contribution is -2.29. The molecule has 0 spiro atoms. The van der Waals surface area contributed by atoms with Gasteiger partial charge in [-0.15, -0.1) is 0 Å². The summed E-state index contributed by atoms with van der Waals surface area (Å²) in [6.45, 7) is 0. The summed E-state index contributed by atoms with van der Waals surface area (Å²) in [6, 6.07) is 17.2. The van der Waals surface area contributed by atoms with Gasteiger partial charge in [-0.2, -0.15) is 0 Å². The number of hydrogen-bond acceptors (Lipinski definition) is 7. The van der Waals surface area contributed by atoms with E-state index in [0.29, 0.717) is 28.3 Å². The first-order valence-corrected chi connectivity index (χ1v) is 11.6. The van der Waals surface area contributed by atoms with Gasteiger partial charge in [-0.1, -0.05) is 35.9 Å². The molecule has 0 saturated carbocycles. The number of halogens is 1. The highest BCUT2D eigenvalue weighted by molar-refractivity contribution is 6.52. The molecule has 3 aromatic carbocycles. The lowest BCUT2D eigenvalue weighted by molar-refractivity contribution is -0.139. The largest absolute Gasteiger partial charge is 0.507 e. The van der Waals surface area contributed by atoms with Gasteiger partial charge in [0.2, 0.25) is 0 Å². The average molecular weight is 522 g/mol. The Morgan fingerprint density at radius 3 is 2.27 bits per heavy atom. The number of aliphatic hydroxyl groups excluding tert-OH is 1. The van der Waals surface area contributed by atoms with Crippen molar-refractivity contribution in [3.63, 3.8) is 0 Å². The summed E-state index contributed by atoms with van der Waals surface area (Å²) >= 11 is 6.36. The fourth-order valence-electron chi connectivity index (χ4n) is 4.20. The molecule has 1 aliphatic rings. The second-order valence-corrected chi connectivity index (χ2v) is 8.62.